The molecule has 26 heavy (non-hydrogen) atoms. The third-order valence-corrected chi connectivity index (χ3v) is 10.5. The smallest absolute Gasteiger partial charge is 0.127 e. The molecule has 0 amide bonds. The summed E-state index contributed by atoms with van der Waals surface area (Å²) in [6.45, 7) is 7.10. The van der Waals surface area contributed by atoms with Gasteiger partial charge in [-0.2, -0.15) is 11.8 Å². The summed E-state index contributed by atoms with van der Waals surface area (Å²) in [7, 11) is -1.41. The maximum atomic E-state index is 5.95. The van der Waals surface area contributed by atoms with Gasteiger partial charge in [0.1, 0.15) is 11.5 Å². The van der Waals surface area contributed by atoms with Crippen LogP contribution in [0.5, 0.6) is 11.5 Å². The van der Waals surface area contributed by atoms with Crippen LogP contribution in [0.15, 0.2) is 78.9 Å². The number of benzene rings is 3. The van der Waals surface area contributed by atoms with Crippen molar-refractivity contribution < 1.29 is 4.74 Å². The maximum absolute atomic E-state index is 5.95. The molecule has 0 saturated heterocycles. The fourth-order valence-electron chi connectivity index (χ4n) is 2.90. The molecule has 0 atom stereocenters. The fourth-order valence-corrected chi connectivity index (χ4v) is 7.59. The molecule has 3 aromatic carbocycles. The van der Waals surface area contributed by atoms with E-state index in [1.165, 1.54) is 16.5 Å². The summed E-state index contributed by atoms with van der Waals surface area (Å²) in [5.74, 6) is 2.81. The third kappa shape index (κ3) is 5.26. The van der Waals surface area contributed by atoms with Crippen LogP contribution in [0.25, 0.3) is 0 Å². The first kappa shape index (κ1) is 18.8. The summed E-state index contributed by atoms with van der Waals surface area (Å²) in [6.07, 6.45) is 0. The van der Waals surface area contributed by atoms with Gasteiger partial charge in [0.05, 0.1) is 8.07 Å². The van der Waals surface area contributed by atoms with E-state index in [0.29, 0.717) is 0 Å². The number of hydrogen-bond acceptors (Lipinski definition) is 2. The van der Waals surface area contributed by atoms with E-state index in [9.17, 15) is 0 Å². The Hall–Kier alpha value is -1.97. The first-order valence-electron chi connectivity index (χ1n) is 9.00. The molecule has 0 aliphatic rings. The SMILES string of the molecule is Cc1cccc([Si](C)(C)CSCc2cccc(Oc3ccccc3)c2)c1. The van der Waals surface area contributed by atoms with Crippen molar-refractivity contribution in [1.29, 1.82) is 0 Å². The maximum Gasteiger partial charge on any atom is 0.127 e. The van der Waals surface area contributed by atoms with Gasteiger partial charge in [-0.1, -0.05) is 78.4 Å². The van der Waals surface area contributed by atoms with Crippen molar-refractivity contribution in [1.82, 2.24) is 0 Å². The van der Waals surface area contributed by atoms with Gasteiger partial charge in [0.25, 0.3) is 0 Å². The van der Waals surface area contributed by atoms with Gasteiger partial charge in [-0.15, -0.1) is 0 Å². The molecule has 0 N–H and O–H groups in total. The molecule has 0 aromatic heterocycles. The summed E-state index contributed by atoms with van der Waals surface area (Å²) in [6, 6.07) is 27.4. The minimum Gasteiger partial charge on any atom is -0.457 e. The lowest BCUT2D eigenvalue weighted by atomic mass is 10.2. The molecule has 0 spiro atoms. The largest absolute Gasteiger partial charge is 0.457 e. The quantitative estimate of drug-likeness (QED) is 0.454. The Morgan fingerprint density at radius 1 is 0.808 bits per heavy atom. The van der Waals surface area contributed by atoms with Gasteiger partial charge < -0.3 is 4.74 Å². The van der Waals surface area contributed by atoms with Gasteiger partial charge in [0.2, 0.25) is 0 Å². The topological polar surface area (TPSA) is 9.23 Å². The standard InChI is InChI=1S/C23H26OSSi/c1-19-9-7-14-23(15-19)26(2,3)18-25-17-20-10-8-13-22(16-20)24-21-11-5-4-6-12-21/h4-16H,17-18H2,1-3H3. The number of para-hydroxylation sites is 1. The first-order valence-corrected chi connectivity index (χ1v) is 13.4. The predicted molar refractivity (Wildman–Crippen MR) is 117 cm³/mol. The Labute approximate surface area is 162 Å². The summed E-state index contributed by atoms with van der Waals surface area (Å²) in [5, 5.41) is 2.77. The molecule has 0 aliphatic carbocycles. The fraction of sp³-hybridized carbons (Fsp3) is 0.217. The Balaban J connectivity index is 1.59. The van der Waals surface area contributed by atoms with Crippen molar-refractivity contribution in [2.24, 2.45) is 0 Å². The van der Waals surface area contributed by atoms with Crippen LogP contribution in [0, 0.1) is 6.92 Å². The molecule has 3 rings (SSSR count). The molecule has 1 nitrogen and oxygen atoms in total. The molecule has 134 valence electrons. The lowest BCUT2D eigenvalue weighted by Gasteiger charge is -2.23. The van der Waals surface area contributed by atoms with Gasteiger partial charge in [-0.3, -0.25) is 0 Å². The highest BCUT2D eigenvalue weighted by Gasteiger charge is 2.23. The number of hydrogen-bond donors (Lipinski definition) is 0. The highest BCUT2D eigenvalue weighted by atomic mass is 32.2. The van der Waals surface area contributed by atoms with Crippen LogP contribution in [-0.4, -0.2) is 13.5 Å². The number of thioether (sulfide) groups is 1. The van der Waals surface area contributed by atoms with Crippen molar-refractivity contribution in [3.05, 3.63) is 90.0 Å². The second-order valence-corrected chi connectivity index (χ2v) is 13.5. The van der Waals surface area contributed by atoms with Crippen LogP contribution >= 0.6 is 11.8 Å². The summed E-state index contributed by atoms with van der Waals surface area (Å²) in [5.41, 5.74) is 2.68. The van der Waals surface area contributed by atoms with Crippen LogP contribution in [0.3, 0.4) is 0 Å². The van der Waals surface area contributed by atoms with E-state index in [1.54, 1.807) is 5.19 Å². The van der Waals surface area contributed by atoms with E-state index in [-0.39, 0.29) is 0 Å². The zero-order valence-electron chi connectivity index (χ0n) is 15.7. The van der Waals surface area contributed by atoms with Crippen molar-refractivity contribution in [3.8, 4) is 11.5 Å². The van der Waals surface area contributed by atoms with Gasteiger partial charge in [-0.25, -0.2) is 0 Å². The molecule has 0 heterocycles. The third-order valence-electron chi connectivity index (χ3n) is 4.41. The number of rotatable bonds is 7. The minimum atomic E-state index is -1.41. The average molecular weight is 379 g/mol. The Kier molecular flexibility index (Phi) is 6.23. The van der Waals surface area contributed by atoms with Crippen LogP contribution < -0.4 is 9.92 Å². The van der Waals surface area contributed by atoms with Crippen molar-refractivity contribution >= 4 is 25.0 Å². The van der Waals surface area contributed by atoms with Crippen LogP contribution in [0.1, 0.15) is 11.1 Å². The summed E-state index contributed by atoms with van der Waals surface area (Å²) >= 11 is 2.04. The zero-order valence-corrected chi connectivity index (χ0v) is 17.6. The van der Waals surface area contributed by atoms with Gasteiger partial charge >= 0.3 is 0 Å². The lowest BCUT2D eigenvalue weighted by Crippen LogP contribution is -2.44. The molecule has 0 saturated carbocycles. The average Bonchev–Trinajstić information content (AvgIpc) is 2.63. The van der Waals surface area contributed by atoms with Crippen LogP contribution in [0.2, 0.25) is 13.1 Å². The Morgan fingerprint density at radius 3 is 2.31 bits per heavy atom. The normalized spacial score (nSPS) is 11.3. The van der Waals surface area contributed by atoms with Crippen molar-refractivity contribution in [2.75, 3.05) is 5.38 Å². The van der Waals surface area contributed by atoms with E-state index < -0.39 is 8.07 Å². The number of aryl methyl sites for hydroxylation is 1. The van der Waals surface area contributed by atoms with E-state index in [0.717, 1.165) is 17.3 Å². The molecule has 0 aliphatic heterocycles. The van der Waals surface area contributed by atoms with E-state index in [2.05, 4.69) is 62.5 Å². The molecular weight excluding hydrogens is 352 g/mol. The van der Waals surface area contributed by atoms with E-state index in [4.69, 9.17) is 4.74 Å². The molecule has 0 radical (unpaired) electrons. The van der Waals surface area contributed by atoms with Gasteiger partial charge in [0, 0.05) is 5.75 Å². The van der Waals surface area contributed by atoms with E-state index >= 15 is 0 Å². The van der Waals surface area contributed by atoms with Gasteiger partial charge in [0.15, 0.2) is 0 Å². The van der Waals surface area contributed by atoms with Crippen molar-refractivity contribution in [2.45, 2.75) is 25.8 Å². The highest BCUT2D eigenvalue weighted by Crippen LogP contribution is 2.24. The molecule has 3 heteroatoms. The minimum absolute atomic E-state index is 0.880. The lowest BCUT2D eigenvalue weighted by molar-refractivity contribution is 0.482. The Bertz CT molecular complexity index is 846. The molecule has 0 unspecified atom stereocenters. The van der Waals surface area contributed by atoms with Gasteiger partial charge in [-0.05, 0) is 42.1 Å². The van der Waals surface area contributed by atoms with Crippen LogP contribution in [0.4, 0.5) is 0 Å². The zero-order chi connectivity index (χ0) is 18.4. The number of ether oxygens (including phenoxy) is 1. The molecule has 0 fully saturated rings. The molecule has 3 aromatic rings. The van der Waals surface area contributed by atoms with Crippen LogP contribution in [-0.2, 0) is 5.75 Å². The summed E-state index contributed by atoms with van der Waals surface area (Å²) in [4.78, 5) is 0. The first-order chi connectivity index (χ1) is 12.5. The highest BCUT2D eigenvalue weighted by molar-refractivity contribution is 8.00. The predicted octanol–water partition coefficient (Wildman–Crippen LogP) is 6.18. The van der Waals surface area contributed by atoms with E-state index in [1.807, 2.05) is 48.2 Å². The molecule has 0 bridgehead atoms. The molecular formula is C23H26OSSi. The second kappa shape index (κ2) is 8.61. The second-order valence-electron chi connectivity index (χ2n) is 7.31. The Morgan fingerprint density at radius 2 is 1.54 bits per heavy atom. The summed E-state index contributed by atoms with van der Waals surface area (Å²) < 4.78 is 5.95. The monoisotopic (exact) mass is 378 g/mol. The van der Waals surface area contributed by atoms with Crippen molar-refractivity contribution in [3.63, 3.8) is 0 Å².